The fraction of sp³-hybridized carbons (Fsp3) is 0.310. The molecular weight excluding hydrogens is 496 g/mol. The highest BCUT2D eigenvalue weighted by atomic mass is 16.6. The molecule has 2 N–H and O–H groups in total. The van der Waals surface area contributed by atoms with E-state index in [9.17, 15) is 9.59 Å². The highest BCUT2D eigenvalue weighted by molar-refractivity contribution is 6.06. The Labute approximate surface area is 226 Å². The van der Waals surface area contributed by atoms with Crippen LogP contribution in [0.5, 0.6) is 11.5 Å². The Hall–Kier alpha value is -4.60. The van der Waals surface area contributed by atoms with Crippen LogP contribution < -0.4 is 15.4 Å². The van der Waals surface area contributed by atoms with Crippen LogP contribution in [-0.2, 0) is 4.74 Å². The molecule has 4 aromatic rings. The molecular formula is C29H32N6O4. The van der Waals surface area contributed by atoms with Crippen LogP contribution in [0.2, 0.25) is 0 Å². The second-order valence-corrected chi connectivity index (χ2v) is 10.4. The molecule has 0 spiro atoms. The van der Waals surface area contributed by atoms with Gasteiger partial charge in [0, 0.05) is 32.4 Å². The van der Waals surface area contributed by atoms with E-state index in [0.29, 0.717) is 48.6 Å². The van der Waals surface area contributed by atoms with Crippen molar-refractivity contribution in [2.45, 2.75) is 32.8 Å². The first-order valence-corrected chi connectivity index (χ1v) is 12.9. The number of rotatable bonds is 5. The van der Waals surface area contributed by atoms with Gasteiger partial charge in [-0.15, -0.1) is 0 Å². The van der Waals surface area contributed by atoms with Crippen LogP contribution in [-0.4, -0.2) is 63.4 Å². The lowest BCUT2D eigenvalue weighted by Crippen LogP contribution is -2.39. The minimum atomic E-state index is -0.626. The van der Waals surface area contributed by atoms with Gasteiger partial charge in [-0.25, -0.2) is 9.48 Å². The smallest absolute Gasteiger partial charge is 0.410 e. The van der Waals surface area contributed by atoms with E-state index in [1.165, 1.54) is 4.68 Å². The summed E-state index contributed by atoms with van der Waals surface area (Å²) in [5.74, 6) is 0.753. The second kappa shape index (κ2) is 10.6. The van der Waals surface area contributed by atoms with Crippen LogP contribution in [0.3, 0.4) is 0 Å². The third-order valence-corrected chi connectivity index (χ3v) is 6.32. The Morgan fingerprint density at radius 3 is 2.28 bits per heavy atom. The number of nitrogens with two attached hydrogens (primary N) is 1. The topological polar surface area (TPSA) is 116 Å². The van der Waals surface area contributed by atoms with E-state index in [2.05, 4.69) is 9.88 Å². The fourth-order valence-electron chi connectivity index (χ4n) is 4.58. The maximum atomic E-state index is 12.6. The molecule has 10 heteroatoms. The Morgan fingerprint density at radius 2 is 1.59 bits per heavy atom. The fourth-order valence-corrected chi connectivity index (χ4v) is 4.58. The largest absolute Gasteiger partial charge is 0.457 e. The van der Waals surface area contributed by atoms with Gasteiger partial charge >= 0.3 is 6.09 Å². The molecule has 0 aliphatic carbocycles. The molecule has 1 saturated heterocycles. The quantitative estimate of drug-likeness (QED) is 0.397. The average molecular weight is 529 g/mol. The summed E-state index contributed by atoms with van der Waals surface area (Å²) < 4.78 is 13.0. The molecule has 39 heavy (non-hydrogen) atoms. The summed E-state index contributed by atoms with van der Waals surface area (Å²) in [5, 5.41) is 4.79. The molecule has 1 fully saturated rings. The van der Waals surface area contributed by atoms with E-state index in [1.807, 2.05) is 81.4 Å². The van der Waals surface area contributed by atoms with Gasteiger partial charge < -0.3 is 25.0 Å². The SMILES string of the molecule is CC(C)(C)OC(=O)N1CCCN(c2ccnc3c(C(N)=O)n(-c4ccc(Oc5ccccc5)cc4)nc23)CC1. The average Bonchev–Trinajstić information content (AvgIpc) is 3.12. The number of carbonyl (C=O) groups is 2. The molecule has 5 rings (SSSR count). The minimum absolute atomic E-state index is 0.203. The van der Waals surface area contributed by atoms with Crippen molar-refractivity contribution in [2.75, 3.05) is 31.1 Å². The number of amides is 2. The molecule has 10 nitrogen and oxygen atoms in total. The van der Waals surface area contributed by atoms with Crippen LogP contribution in [0, 0.1) is 0 Å². The molecule has 0 atom stereocenters. The van der Waals surface area contributed by atoms with Crippen molar-refractivity contribution < 1.29 is 19.1 Å². The molecule has 1 aliphatic heterocycles. The van der Waals surface area contributed by atoms with Gasteiger partial charge in [-0.3, -0.25) is 9.78 Å². The lowest BCUT2D eigenvalue weighted by molar-refractivity contribution is 0.0263. The third-order valence-electron chi connectivity index (χ3n) is 6.32. The first-order valence-electron chi connectivity index (χ1n) is 12.9. The normalized spacial score (nSPS) is 14.2. The summed E-state index contributed by atoms with van der Waals surface area (Å²) >= 11 is 0. The van der Waals surface area contributed by atoms with Crippen LogP contribution in [0.4, 0.5) is 10.5 Å². The maximum Gasteiger partial charge on any atom is 0.410 e. The van der Waals surface area contributed by atoms with E-state index < -0.39 is 11.5 Å². The minimum Gasteiger partial charge on any atom is -0.457 e. The number of anilines is 1. The first kappa shape index (κ1) is 26.0. The summed E-state index contributed by atoms with van der Waals surface area (Å²) in [6, 6.07) is 18.6. The monoisotopic (exact) mass is 528 g/mol. The van der Waals surface area contributed by atoms with Gasteiger partial charge in [0.2, 0.25) is 0 Å². The summed E-state index contributed by atoms with van der Waals surface area (Å²) in [4.78, 5) is 33.6. The number of pyridine rings is 1. The van der Waals surface area contributed by atoms with Crippen LogP contribution in [0.1, 0.15) is 37.7 Å². The highest BCUT2D eigenvalue weighted by Gasteiger charge is 2.27. The summed E-state index contributed by atoms with van der Waals surface area (Å²) in [7, 11) is 0. The number of benzene rings is 2. The molecule has 202 valence electrons. The number of hydrogen-bond donors (Lipinski definition) is 1. The summed E-state index contributed by atoms with van der Waals surface area (Å²) in [6.45, 7) is 7.98. The van der Waals surface area contributed by atoms with Gasteiger partial charge in [0.15, 0.2) is 5.69 Å². The van der Waals surface area contributed by atoms with Gasteiger partial charge in [-0.2, -0.15) is 5.10 Å². The van der Waals surface area contributed by atoms with Gasteiger partial charge in [0.1, 0.15) is 28.1 Å². The number of aromatic nitrogens is 3. The molecule has 2 aromatic heterocycles. The molecule has 0 radical (unpaired) electrons. The number of hydrogen-bond acceptors (Lipinski definition) is 7. The van der Waals surface area contributed by atoms with Crippen molar-refractivity contribution in [1.29, 1.82) is 0 Å². The third kappa shape index (κ3) is 5.79. The lowest BCUT2D eigenvalue weighted by Gasteiger charge is -2.27. The van der Waals surface area contributed by atoms with E-state index in [1.54, 1.807) is 11.1 Å². The van der Waals surface area contributed by atoms with Gasteiger partial charge in [0.25, 0.3) is 5.91 Å². The summed E-state index contributed by atoms with van der Waals surface area (Å²) in [6.07, 6.45) is 2.10. The zero-order valence-corrected chi connectivity index (χ0v) is 22.3. The van der Waals surface area contributed by atoms with Crippen molar-refractivity contribution in [3.63, 3.8) is 0 Å². The summed E-state index contributed by atoms with van der Waals surface area (Å²) in [5.41, 5.74) is 7.95. The molecule has 2 aromatic carbocycles. The molecule has 0 saturated carbocycles. The van der Waals surface area contributed by atoms with Crippen LogP contribution in [0.15, 0.2) is 66.9 Å². The number of nitrogens with zero attached hydrogens (tertiary/aromatic N) is 5. The van der Waals surface area contributed by atoms with E-state index in [0.717, 1.165) is 17.9 Å². The molecule has 0 unspecified atom stereocenters. The zero-order valence-electron chi connectivity index (χ0n) is 22.3. The number of ether oxygens (including phenoxy) is 2. The lowest BCUT2D eigenvalue weighted by atomic mass is 10.2. The van der Waals surface area contributed by atoms with Crippen molar-refractivity contribution in [3.8, 4) is 17.2 Å². The first-order chi connectivity index (χ1) is 18.7. The van der Waals surface area contributed by atoms with Crippen molar-refractivity contribution in [1.82, 2.24) is 19.7 Å². The predicted octanol–water partition coefficient (Wildman–Crippen LogP) is 4.76. The Morgan fingerprint density at radius 1 is 0.872 bits per heavy atom. The molecule has 0 bridgehead atoms. The van der Waals surface area contributed by atoms with Crippen molar-refractivity contribution in [2.24, 2.45) is 5.73 Å². The molecule has 2 amide bonds. The predicted molar refractivity (Wildman–Crippen MR) is 149 cm³/mol. The van der Waals surface area contributed by atoms with E-state index in [4.69, 9.17) is 20.3 Å². The van der Waals surface area contributed by atoms with Crippen molar-refractivity contribution in [3.05, 3.63) is 72.6 Å². The highest BCUT2D eigenvalue weighted by Crippen LogP contribution is 2.30. The van der Waals surface area contributed by atoms with Gasteiger partial charge in [-0.1, -0.05) is 18.2 Å². The van der Waals surface area contributed by atoms with Gasteiger partial charge in [-0.05, 0) is 69.7 Å². The van der Waals surface area contributed by atoms with Gasteiger partial charge in [0.05, 0.1) is 11.4 Å². The van der Waals surface area contributed by atoms with Crippen LogP contribution in [0.25, 0.3) is 16.7 Å². The van der Waals surface area contributed by atoms with Crippen LogP contribution >= 0.6 is 0 Å². The maximum absolute atomic E-state index is 12.6. The van der Waals surface area contributed by atoms with E-state index in [-0.39, 0.29) is 11.8 Å². The Bertz CT molecular complexity index is 1480. The number of carbonyl (C=O) groups excluding carboxylic acids is 2. The van der Waals surface area contributed by atoms with E-state index >= 15 is 0 Å². The molecule has 1 aliphatic rings. The number of para-hydroxylation sites is 1. The standard InChI is InChI=1S/C29H32N6O4/c1-29(2,3)39-28(37)34-17-7-16-33(18-19-34)23-14-15-31-25-24(23)32-35(26(25)27(30)36)20-10-12-22(13-11-20)38-21-8-5-4-6-9-21/h4-6,8-15H,7,16-19H2,1-3H3,(H2,30,36). The zero-order chi connectivity index (χ0) is 27.6. The Kier molecular flexibility index (Phi) is 7.10. The number of primary amides is 1. The second-order valence-electron chi connectivity index (χ2n) is 10.4. The van der Waals surface area contributed by atoms with Crippen molar-refractivity contribution >= 4 is 28.7 Å². The number of fused-ring (bicyclic) bond motifs is 1. The Balaban J connectivity index is 1.43. The molecule has 3 heterocycles.